The molecular formula is C17H20F3N5O2S. The van der Waals surface area contributed by atoms with Crippen molar-refractivity contribution in [1.82, 2.24) is 14.5 Å². The first-order valence-electron chi connectivity index (χ1n) is 9.01. The number of alkyl halides is 3. The van der Waals surface area contributed by atoms with Gasteiger partial charge < -0.3 is 14.5 Å². The van der Waals surface area contributed by atoms with Crippen molar-refractivity contribution in [2.45, 2.75) is 44.7 Å². The molecule has 0 radical (unpaired) electrons. The number of hydrogen-bond donors (Lipinski definition) is 0. The Bertz CT molecular complexity index is 886. The molecule has 0 spiro atoms. The van der Waals surface area contributed by atoms with E-state index in [2.05, 4.69) is 9.97 Å². The van der Waals surface area contributed by atoms with Crippen LogP contribution in [0.1, 0.15) is 18.2 Å². The van der Waals surface area contributed by atoms with Gasteiger partial charge in [0.05, 0.1) is 31.3 Å². The van der Waals surface area contributed by atoms with E-state index < -0.39 is 12.2 Å². The van der Waals surface area contributed by atoms with Crippen LogP contribution in [0.25, 0.3) is 0 Å². The summed E-state index contributed by atoms with van der Waals surface area (Å²) >= 11 is 1.28. The Hall–Kier alpha value is -2.14. The van der Waals surface area contributed by atoms with Gasteiger partial charge in [-0.05, 0) is 13.3 Å². The van der Waals surface area contributed by atoms with E-state index in [9.17, 15) is 18.0 Å². The third-order valence-corrected chi connectivity index (χ3v) is 5.85. The van der Waals surface area contributed by atoms with E-state index in [0.717, 1.165) is 0 Å². The largest absolute Gasteiger partial charge is 0.408 e. The summed E-state index contributed by atoms with van der Waals surface area (Å²) in [4.78, 5) is 24.9. The molecule has 4 rings (SSSR count). The summed E-state index contributed by atoms with van der Waals surface area (Å²) < 4.78 is 48.0. The van der Waals surface area contributed by atoms with E-state index >= 15 is 0 Å². The van der Waals surface area contributed by atoms with Gasteiger partial charge in [-0.1, -0.05) is 0 Å². The number of rotatable bonds is 3. The van der Waals surface area contributed by atoms with Gasteiger partial charge in [-0.3, -0.25) is 14.3 Å². The number of morpholine rings is 1. The molecule has 1 fully saturated rings. The molecule has 0 amide bonds. The number of halogens is 3. The fraction of sp³-hybridized carbons (Fsp3) is 0.588. The van der Waals surface area contributed by atoms with Crippen molar-refractivity contribution in [3.8, 4) is 0 Å². The van der Waals surface area contributed by atoms with Gasteiger partial charge in [0.2, 0.25) is 5.95 Å². The monoisotopic (exact) mass is 415 g/mol. The first-order valence-corrected chi connectivity index (χ1v) is 9.89. The molecule has 0 bridgehead atoms. The molecule has 11 heteroatoms. The van der Waals surface area contributed by atoms with Crippen LogP contribution < -0.4 is 15.4 Å². The molecule has 2 unspecified atom stereocenters. The van der Waals surface area contributed by atoms with Gasteiger partial charge in [0.25, 0.3) is 5.56 Å². The van der Waals surface area contributed by atoms with Crippen molar-refractivity contribution in [1.29, 1.82) is 0 Å². The first kappa shape index (κ1) is 19.2. The van der Waals surface area contributed by atoms with E-state index in [1.807, 2.05) is 11.8 Å². The van der Waals surface area contributed by atoms with Crippen molar-refractivity contribution < 1.29 is 17.9 Å². The topological polar surface area (TPSA) is 63.5 Å². The molecule has 2 aliphatic rings. The van der Waals surface area contributed by atoms with Crippen molar-refractivity contribution in [3.05, 3.63) is 33.0 Å². The van der Waals surface area contributed by atoms with Crippen LogP contribution in [-0.4, -0.2) is 52.6 Å². The standard InChI is InChI=1S/C17H20F3N5O2S/c1-11-9-27-5-4-23(11)14-6-15(26)24-3-2-13(17(18,19)20)25(16(24)22-14)8-12-7-21-10-28-12/h6-7,10-11,13H,2-5,8-9H2,1H3. The van der Waals surface area contributed by atoms with Gasteiger partial charge in [0.15, 0.2) is 0 Å². The SMILES string of the molecule is CC1COCCN1c1cc(=O)n2c(n1)N(Cc1cncs1)C(C(F)(F)F)CC2. The average Bonchev–Trinajstić information content (AvgIpc) is 3.14. The van der Waals surface area contributed by atoms with Crippen molar-refractivity contribution in [2.24, 2.45) is 0 Å². The lowest BCUT2D eigenvalue weighted by Gasteiger charge is -2.40. The molecule has 1 saturated heterocycles. The quantitative estimate of drug-likeness (QED) is 0.767. The van der Waals surface area contributed by atoms with E-state index in [1.165, 1.54) is 26.9 Å². The zero-order valence-corrected chi connectivity index (χ0v) is 16.0. The normalized spacial score (nSPS) is 23.0. The van der Waals surface area contributed by atoms with Gasteiger partial charge in [-0.25, -0.2) is 0 Å². The third-order valence-electron chi connectivity index (χ3n) is 5.08. The van der Waals surface area contributed by atoms with Gasteiger partial charge in [0.1, 0.15) is 11.9 Å². The molecule has 0 N–H and O–H groups in total. The number of nitrogens with zero attached hydrogens (tertiary/aromatic N) is 5. The highest BCUT2D eigenvalue weighted by Gasteiger charge is 2.47. The summed E-state index contributed by atoms with van der Waals surface area (Å²) in [6.07, 6.45) is -3.07. The highest BCUT2D eigenvalue weighted by molar-refractivity contribution is 7.09. The van der Waals surface area contributed by atoms with Crippen molar-refractivity contribution in [2.75, 3.05) is 29.6 Å². The minimum absolute atomic E-state index is 0.00337. The summed E-state index contributed by atoms with van der Waals surface area (Å²) in [5.74, 6) is 0.451. The van der Waals surface area contributed by atoms with Crippen LogP contribution >= 0.6 is 11.3 Å². The van der Waals surface area contributed by atoms with E-state index in [0.29, 0.717) is 30.5 Å². The Morgan fingerprint density at radius 1 is 1.36 bits per heavy atom. The number of anilines is 2. The van der Waals surface area contributed by atoms with Crippen molar-refractivity contribution >= 4 is 23.1 Å². The predicted molar refractivity (Wildman–Crippen MR) is 98.9 cm³/mol. The van der Waals surface area contributed by atoms with Crippen LogP contribution in [0.15, 0.2) is 22.6 Å². The maximum absolute atomic E-state index is 13.7. The highest BCUT2D eigenvalue weighted by Crippen LogP contribution is 2.35. The smallest absolute Gasteiger partial charge is 0.377 e. The Labute approximate surface area is 163 Å². The van der Waals surface area contributed by atoms with Crippen LogP contribution in [0.4, 0.5) is 24.9 Å². The van der Waals surface area contributed by atoms with Crippen LogP contribution in [0.5, 0.6) is 0 Å². The van der Waals surface area contributed by atoms with Crippen molar-refractivity contribution in [3.63, 3.8) is 0 Å². The second-order valence-corrected chi connectivity index (χ2v) is 7.93. The Morgan fingerprint density at radius 2 is 2.18 bits per heavy atom. The van der Waals surface area contributed by atoms with E-state index in [4.69, 9.17) is 4.74 Å². The molecule has 2 aliphatic heterocycles. The van der Waals surface area contributed by atoms with Gasteiger partial charge >= 0.3 is 6.18 Å². The molecule has 0 saturated carbocycles. The fourth-order valence-corrected chi connectivity index (χ4v) is 4.27. The lowest BCUT2D eigenvalue weighted by Crippen LogP contribution is -2.52. The predicted octanol–water partition coefficient (Wildman–Crippen LogP) is 2.27. The minimum atomic E-state index is -4.42. The fourth-order valence-electron chi connectivity index (χ4n) is 3.68. The molecule has 28 heavy (non-hydrogen) atoms. The Balaban J connectivity index is 1.78. The first-order chi connectivity index (χ1) is 13.3. The molecule has 2 atom stereocenters. The molecule has 0 aliphatic carbocycles. The van der Waals surface area contributed by atoms with Gasteiger partial charge in [0, 0.05) is 30.2 Å². The molecule has 0 aromatic carbocycles. The lowest BCUT2D eigenvalue weighted by molar-refractivity contribution is -0.153. The summed E-state index contributed by atoms with van der Waals surface area (Å²) in [7, 11) is 0. The van der Waals surface area contributed by atoms with Crippen LogP contribution in [0, 0.1) is 0 Å². The number of ether oxygens (including phenoxy) is 1. The summed E-state index contributed by atoms with van der Waals surface area (Å²) in [6.45, 7) is 3.43. The zero-order valence-electron chi connectivity index (χ0n) is 15.2. The van der Waals surface area contributed by atoms with Crippen LogP contribution in [0.2, 0.25) is 0 Å². The molecule has 4 heterocycles. The second-order valence-electron chi connectivity index (χ2n) is 6.96. The molecular weight excluding hydrogens is 395 g/mol. The van der Waals surface area contributed by atoms with Crippen LogP contribution in [-0.2, 0) is 17.8 Å². The zero-order chi connectivity index (χ0) is 19.9. The Kier molecular flexibility index (Phi) is 5.04. The maximum Gasteiger partial charge on any atom is 0.408 e. The highest BCUT2D eigenvalue weighted by atomic mass is 32.1. The number of thiazole rings is 1. The van der Waals surface area contributed by atoms with Crippen LogP contribution in [0.3, 0.4) is 0 Å². The van der Waals surface area contributed by atoms with E-state index in [-0.39, 0.29) is 37.1 Å². The van der Waals surface area contributed by atoms with Gasteiger partial charge in [-0.15, -0.1) is 11.3 Å². The number of hydrogen-bond acceptors (Lipinski definition) is 7. The maximum atomic E-state index is 13.7. The molecule has 152 valence electrons. The third kappa shape index (κ3) is 3.60. The molecule has 7 nitrogen and oxygen atoms in total. The molecule has 2 aromatic rings. The summed E-state index contributed by atoms with van der Waals surface area (Å²) in [5, 5.41) is 0. The lowest BCUT2D eigenvalue weighted by atomic mass is 10.1. The number of aromatic nitrogens is 3. The second kappa shape index (κ2) is 7.36. The summed E-state index contributed by atoms with van der Waals surface area (Å²) in [6, 6.07) is -0.302. The van der Waals surface area contributed by atoms with E-state index in [1.54, 1.807) is 11.7 Å². The van der Waals surface area contributed by atoms with Gasteiger partial charge in [-0.2, -0.15) is 18.2 Å². The summed E-state index contributed by atoms with van der Waals surface area (Å²) in [5.41, 5.74) is 1.24. The molecule has 2 aromatic heterocycles. The minimum Gasteiger partial charge on any atom is -0.377 e. The Morgan fingerprint density at radius 3 is 2.86 bits per heavy atom. The number of fused-ring (bicyclic) bond motifs is 1. The average molecular weight is 415 g/mol.